The predicted molar refractivity (Wildman–Crippen MR) is 103 cm³/mol. The second kappa shape index (κ2) is 8.82. The van der Waals surface area contributed by atoms with Gasteiger partial charge >= 0.3 is 11.8 Å². The normalized spacial score (nSPS) is 10.1. The van der Waals surface area contributed by atoms with Gasteiger partial charge in [-0.15, -0.1) is 0 Å². The number of ether oxygens (including phenoxy) is 1. The fourth-order valence-electron chi connectivity index (χ4n) is 2.25. The van der Waals surface area contributed by atoms with Gasteiger partial charge < -0.3 is 15.4 Å². The van der Waals surface area contributed by atoms with E-state index in [4.69, 9.17) is 16.3 Å². The molecule has 0 aliphatic heterocycles. The summed E-state index contributed by atoms with van der Waals surface area (Å²) in [5.74, 6) is -0.720. The molecule has 6 nitrogen and oxygen atoms in total. The zero-order chi connectivity index (χ0) is 19.1. The number of para-hydroxylation sites is 3. The van der Waals surface area contributed by atoms with E-state index in [1.54, 1.807) is 73.1 Å². The molecule has 0 saturated heterocycles. The molecule has 0 aliphatic carbocycles. The van der Waals surface area contributed by atoms with Crippen molar-refractivity contribution < 1.29 is 14.3 Å². The third kappa shape index (κ3) is 5.05. The number of amides is 2. The molecule has 1 heterocycles. The van der Waals surface area contributed by atoms with E-state index in [-0.39, 0.29) is 6.54 Å². The lowest BCUT2D eigenvalue weighted by Crippen LogP contribution is -2.35. The Bertz CT molecular complexity index is 948. The summed E-state index contributed by atoms with van der Waals surface area (Å²) >= 11 is 6.10. The van der Waals surface area contributed by atoms with E-state index in [2.05, 4.69) is 15.6 Å². The summed E-state index contributed by atoms with van der Waals surface area (Å²) < 4.78 is 5.76. The van der Waals surface area contributed by atoms with Gasteiger partial charge in [-0.05, 0) is 42.0 Å². The highest BCUT2D eigenvalue weighted by Gasteiger charge is 2.16. The number of nitrogens with zero attached hydrogens (tertiary/aromatic N) is 1. The van der Waals surface area contributed by atoms with Crippen LogP contribution in [-0.4, -0.2) is 16.8 Å². The molecular weight excluding hydrogens is 366 g/mol. The third-order valence-electron chi connectivity index (χ3n) is 3.60. The molecule has 3 rings (SSSR count). The highest BCUT2D eigenvalue weighted by molar-refractivity contribution is 6.39. The Morgan fingerprint density at radius 1 is 0.889 bits per heavy atom. The SMILES string of the molecule is O=C(NCc1ccncc1)C(=O)Nc1ccccc1Oc1ccccc1Cl. The molecular formula is C20H16ClN3O3. The molecule has 1 aromatic heterocycles. The molecule has 2 aromatic carbocycles. The van der Waals surface area contributed by atoms with Crippen LogP contribution in [0.3, 0.4) is 0 Å². The maximum Gasteiger partial charge on any atom is 0.313 e. The Balaban J connectivity index is 1.65. The van der Waals surface area contributed by atoms with Crippen molar-refractivity contribution in [2.75, 3.05) is 5.32 Å². The minimum absolute atomic E-state index is 0.229. The van der Waals surface area contributed by atoms with Gasteiger partial charge in [0.05, 0.1) is 10.7 Å². The zero-order valence-electron chi connectivity index (χ0n) is 14.2. The van der Waals surface area contributed by atoms with Gasteiger partial charge in [0.1, 0.15) is 5.75 Å². The zero-order valence-corrected chi connectivity index (χ0v) is 14.9. The number of carbonyl (C=O) groups is 2. The van der Waals surface area contributed by atoms with Gasteiger partial charge in [-0.2, -0.15) is 0 Å². The van der Waals surface area contributed by atoms with E-state index >= 15 is 0 Å². The van der Waals surface area contributed by atoms with Crippen molar-refractivity contribution in [1.29, 1.82) is 0 Å². The van der Waals surface area contributed by atoms with Crippen molar-refractivity contribution in [2.24, 2.45) is 0 Å². The number of nitrogens with one attached hydrogen (secondary N) is 2. The van der Waals surface area contributed by atoms with Gasteiger partial charge in [-0.1, -0.05) is 35.9 Å². The molecule has 0 bridgehead atoms. The molecule has 0 unspecified atom stereocenters. The number of aromatic nitrogens is 1. The fourth-order valence-corrected chi connectivity index (χ4v) is 2.42. The van der Waals surface area contributed by atoms with Crippen LogP contribution in [0.5, 0.6) is 11.5 Å². The predicted octanol–water partition coefficient (Wildman–Crippen LogP) is 3.78. The van der Waals surface area contributed by atoms with Crippen LogP contribution in [0.15, 0.2) is 73.1 Å². The van der Waals surface area contributed by atoms with E-state index in [1.807, 2.05) is 0 Å². The number of anilines is 1. The van der Waals surface area contributed by atoms with Crippen LogP contribution < -0.4 is 15.4 Å². The van der Waals surface area contributed by atoms with Gasteiger partial charge in [0.15, 0.2) is 5.75 Å². The monoisotopic (exact) mass is 381 g/mol. The van der Waals surface area contributed by atoms with Crippen molar-refractivity contribution in [2.45, 2.75) is 6.54 Å². The second-order valence-corrected chi connectivity index (χ2v) is 5.93. The first-order chi connectivity index (χ1) is 13.1. The average Bonchev–Trinajstić information content (AvgIpc) is 2.70. The van der Waals surface area contributed by atoms with Gasteiger partial charge in [0.2, 0.25) is 0 Å². The van der Waals surface area contributed by atoms with Crippen LogP contribution in [-0.2, 0) is 16.1 Å². The topological polar surface area (TPSA) is 80.3 Å². The lowest BCUT2D eigenvalue weighted by Gasteiger charge is -2.13. The molecule has 0 saturated carbocycles. The summed E-state index contributed by atoms with van der Waals surface area (Å²) in [6.45, 7) is 0.229. The fraction of sp³-hybridized carbons (Fsp3) is 0.0500. The van der Waals surface area contributed by atoms with Gasteiger partial charge in [0, 0.05) is 18.9 Å². The molecule has 0 radical (unpaired) electrons. The van der Waals surface area contributed by atoms with Crippen molar-refractivity contribution in [3.63, 3.8) is 0 Å². The summed E-state index contributed by atoms with van der Waals surface area (Å²) in [6.07, 6.45) is 3.23. The van der Waals surface area contributed by atoms with Crippen LogP contribution in [0.4, 0.5) is 5.69 Å². The number of hydrogen-bond acceptors (Lipinski definition) is 4. The molecule has 7 heteroatoms. The largest absolute Gasteiger partial charge is 0.454 e. The second-order valence-electron chi connectivity index (χ2n) is 5.52. The standard InChI is InChI=1S/C20H16ClN3O3/c21-15-5-1-3-7-17(15)27-18-8-4-2-6-16(18)24-20(26)19(25)23-13-14-9-11-22-12-10-14/h1-12H,13H2,(H,23,25)(H,24,26). The van der Waals surface area contributed by atoms with Gasteiger partial charge in [-0.25, -0.2) is 0 Å². The molecule has 2 N–H and O–H groups in total. The first kappa shape index (κ1) is 18.4. The number of rotatable bonds is 5. The Kier molecular flexibility index (Phi) is 6.02. The third-order valence-corrected chi connectivity index (χ3v) is 3.91. The van der Waals surface area contributed by atoms with E-state index in [0.29, 0.717) is 22.2 Å². The summed E-state index contributed by atoms with van der Waals surface area (Å²) in [6, 6.07) is 17.3. The lowest BCUT2D eigenvalue weighted by atomic mass is 10.2. The molecule has 0 spiro atoms. The Morgan fingerprint density at radius 3 is 2.30 bits per heavy atom. The summed E-state index contributed by atoms with van der Waals surface area (Å²) in [5.41, 5.74) is 1.20. The summed E-state index contributed by atoms with van der Waals surface area (Å²) in [7, 11) is 0. The summed E-state index contributed by atoms with van der Waals surface area (Å²) in [5, 5.41) is 5.55. The van der Waals surface area contributed by atoms with E-state index < -0.39 is 11.8 Å². The molecule has 0 atom stereocenters. The van der Waals surface area contributed by atoms with Crippen molar-refractivity contribution >= 4 is 29.1 Å². The van der Waals surface area contributed by atoms with Crippen molar-refractivity contribution in [3.8, 4) is 11.5 Å². The summed E-state index contributed by atoms with van der Waals surface area (Å²) in [4.78, 5) is 28.1. The van der Waals surface area contributed by atoms with Crippen molar-refractivity contribution in [1.82, 2.24) is 10.3 Å². The van der Waals surface area contributed by atoms with E-state index in [1.165, 1.54) is 0 Å². The van der Waals surface area contributed by atoms with Crippen LogP contribution in [0.25, 0.3) is 0 Å². The Morgan fingerprint density at radius 2 is 1.56 bits per heavy atom. The molecule has 0 aliphatic rings. The Hall–Kier alpha value is -3.38. The molecule has 2 amide bonds. The number of pyridine rings is 1. The highest BCUT2D eigenvalue weighted by Crippen LogP contribution is 2.33. The molecule has 0 fully saturated rings. The quantitative estimate of drug-likeness (QED) is 0.659. The highest BCUT2D eigenvalue weighted by atomic mass is 35.5. The van der Waals surface area contributed by atoms with Crippen LogP contribution in [0, 0.1) is 0 Å². The maximum atomic E-state index is 12.2. The van der Waals surface area contributed by atoms with Gasteiger partial charge in [-0.3, -0.25) is 14.6 Å². The molecule has 27 heavy (non-hydrogen) atoms. The molecule has 3 aromatic rings. The van der Waals surface area contributed by atoms with Gasteiger partial charge in [0.25, 0.3) is 0 Å². The van der Waals surface area contributed by atoms with E-state index in [0.717, 1.165) is 5.56 Å². The number of halogens is 1. The minimum Gasteiger partial charge on any atom is -0.454 e. The van der Waals surface area contributed by atoms with Crippen LogP contribution in [0.1, 0.15) is 5.56 Å². The Labute approximate surface area is 161 Å². The average molecular weight is 382 g/mol. The number of carbonyl (C=O) groups excluding carboxylic acids is 2. The first-order valence-corrected chi connectivity index (χ1v) is 8.51. The lowest BCUT2D eigenvalue weighted by molar-refractivity contribution is -0.136. The van der Waals surface area contributed by atoms with Crippen LogP contribution >= 0.6 is 11.6 Å². The van der Waals surface area contributed by atoms with Crippen molar-refractivity contribution in [3.05, 3.63) is 83.6 Å². The first-order valence-electron chi connectivity index (χ1n) is 8.13. The van der Waals surface area contributed by atoms with E-state index in [9.17, 15) is 9.59 Å². The molecule has 136 valence electrons. The minimum atomic E-state index is -0.792. The maximum absolute atomic E-state index is 12.2. The number of benzene rings is 2. The number of hydrogen-bond donors (Lipinski definition) is 2. The smallest absolute Gasteiger partial charge is 0.313 e. The van der Waals surface area contributed by atoms with Crippen LogP contribution in [0.2, 0.25) is 5.02 Å².